The van der Waals surface area contributed by atoms with Crippen molar-refractivity contribution in [2.45, 2.75) is 31.5 Å². The molecule has 1 saturated carbocycles. The number of anilines is 1. The Bertz CT molecular complexity index is 930. The van der Waals surface area contributed by atoms with Gasteiger partial charge in [-0.3, -0.25) is 4.90 Å². The van der Waals surface area contributed by atoms with E-state index in [1.165, 1.54) is 5.56 Å². The summed E-state index contributed by atoms with van der Waals surface area (Å²) < 4.78 is 7.65. The average molecular weight is 405 g/mol. The molecule has 0 amide bonds. The van der Waals surface area contributed by atoms with Gasteiger partial charge in [-0.25, -0.2) is 14.6 Å². The molecule has 5 rings (SSSR count). The third-order valence-electron chi connectivity index (χ3n) is 6.52. The summed E-state index contributed by atoms with van der Waals surface area (Å²) in [6.45, 7) is 3.28. The molecule has 4 atom stereocenters. The van der Waals surface area contributed by atoms with Gasteiger partial charge in [-0.05, 0) is 54.5 Å². The first-order valence-corrected chi connectivity index (χ1v) is 10.6. The maximum atomic E-state index is 5.86. The molecule has 156 valence electrons. The Balaban J connectivity index is 1.21. The molecule has 3 aromatic rings. The van der Waals surface area contributed by atoms with Gasteiger partial charge in [0.05, 0.1) is 17.8 Å². The molecular weight excluding hydrogens is 376 g/mol. The van der Waals surface area contributed by atoms with Crippen molar-refractivity contribution in [1.82, 2.24) is 24.6 Å². The standard InChI is InChI=1S/C23H28N6O/c1-30-22-11-19-14-28(12-17-5-7-20(8-6-17)29-16-24-15-26-29)13-18(19)10-21(22)27-23-4-2-3-9-25-23/h2-9,15-16,18-19,21-22H,10-14H2,1H3,(H,25,27)/t18-,19+,21-,22-/m1/s1. The number of methoxy groups -OCH3 is 1. The summed E-state index contributed by atoms with van der Waals surface area (Å²) in [4.78, 5) is 11.0. The molecule has 1 N–H and O–H groups in total. The molecule has 1 aliphatic heterocycles. The van der Waals surface area contributed by atoms with Gasteiger partial charge in [-0.2, -0.15) is 5.10 Å². The molecule has 1 aliphatic carbocycles. The van der Waals surface area contributed by atoms with Gasteiger partial charge in [0, 0.05) is 32.9 Å². The Kier molecular flexibility index (Phi) is 5.46. The van der Waals surface area contributed by atoms with Crippen LogP contribution in [0.25, 0.3) is 5.69 Å². The Morgan fingerprint density at radius 1 is 1.07 bits per heavy atom. The maximum absolute atomic E-state index is 5.86. The van der Waals surface area contributed by atoms with Gasteiger partial charge in [0.1, 0.15) is 18.5 Å². The largest absolute Gasteiger partial charge is 0.379 e. The predicted octanol–water partition coefficient (Wildman–Crippen LogP) is 3.00. The summed E-state index contributed by atoms with van der Waals surface area (Å²) in [7, 11) is 1.83. The lowest BCUT2D eigenvalue weighted by molar-refractivity contribution is 0.0304. The molecule has 7 nitrogen and oxygen atoms in total. The third-order valence-corrected chi connectivity index (χ3v) is 6.52. The van der Waals surface area contributed by atoms with Crippen molar-refractivity contribution in [3.63, 3.8) is 0 Å². The minimum Gasteiger partial charge on any atom is -0.379 e. The number of hydrogen-bond donors (Lipinski definition) is 1. The van der Waals surface area contributed by atoms with Crippen LogP contribution in [0.2, 0.25) is 0 Å². The fourth-order valence-corrected chi connectivity index (χ4v) is 5.04. The second-order valence-corrected chi connectivity index (χ2v) is 8.43. The van der Waals surface area contributed by atoms with Crippen molar-refractivity contribution in [3.8, 4) is 5.69 Å². The monoisotopic (exact) mass is 404 g/mol. The molecule has 7 heteroatoms. The zero-order chi connectivity index (χ0) is 20.3. The van der Waals surface area contributed by atoms with Crippen LogP contribution >= 0.6 is 0 Å². The minimum atomic E-state index is 0.232. The molecule has 2 fully saturated rings. The summed E-state index contributed by atoms with van der Waals surface area (Å²) in [6.07, 6.45) is 7.58. The molecule has 0 spiro atoms. The second-order valence-electron chi connectivity index (χ2n) is 8.43. The molecule has 1 aromatic carbocycles. The Labute approximate surface area is 177 Å². The van der Waals surface area contributed by atoms with E-state index in [1.807, 2.05) is 31.5 Å². The van der Waals surface area contributed by atoms with Gasteiger partial charge in [0.25, 0.3) is 0 Å². The van der Waals surface area contributed by atoms with E-state index in [1.54, 1.807) is 17.3 Å². The van der Waals surface area contributed by atoms with Crippen LogP contribution in [0.4, 0.5) is 5.82 Å². The molecule has 0 radical (unpaired) electrons. The van der Waals surface area contributed by atoms with E-state index in [4.69, 9.17) is 4.74 Å². The van der Waals surface area contributed by atoms with Crippen molar-refractivity contribution in [3.05, 3.63) is 66.9 Å². The molecule has 0 bridgehead atoms. The number of hydrogen-bond acceptors (Lipinski definition) is 6. The minimum absolute atomic E-state index is 0.232. The zero-order valence-electron chi connectivity index (χ0n) is 17.3. The summed E-state index contributed by atoms with van der Waals surface area (Å²) in [6, 6.07) is 14.9. The second kappa shape index (κ2) is 8.53. The number of ether oxygens (including phenoxy) is 1. The van der Waals surface area contributed by atoms with Crippen LogP contribution in [-0.4, -0.2) is 57.0 Å². The number of rotatable bonds is 6. The summed E-state index contributed by atoms with van der Waals surface area (Å²) >= 11 is 0. The number of pyridine rings is 1. The van der Waals surface area contributed by atoms with Crippen molar-refractivity contribution in [2.75, 3.05) is 25.5 Å². The fraction of sp³-hybridized carbons (Fsp3) is 0.435. The van der Waals surface area contributed by atoms with Crippen LogP contribution in [0.5, 0.6) is 0 Å². The Morgan fingerprint density at radius 3 is 2.60 bits per heavy atom. The molecule has 2 aliphatic rings. The molecule has 0 unspecified atom stereocenters. The topological polar surface area (TPSA) is 68.1 Å². The van der Waals surface area contributed by atoms with Gasteiger partial charge < -0.3 is 10.1 Å². The lowest BCUT2D eigenvalue weighted by Gasteiger charge is -2.37. The highest BCUT2D eigenvalue weighted by molar-refractivity contribution is 5.35. The highest BCUT2D eigenvalue weighted by Gasteiger charge is 2.42. The van der Waals surface area contributed by atoms with Gasteiger partial charge >= 0.3 is 0 Å². The van der Waals surface area contributed by atoms with Crippen molar-refractivity contribution in [2.24, 2.45) is 11.8 Å². The predicted molar refractivity (Wildman–Crippen MR) is 115 cm³/mol. The van der Waals surface area contributed by atoms with Crippen LogP contribution in [0.15, 0.2) is 61.3 Å². The molecular formula is C23H28N6O. The molecule has 1 saturated heterocycles. The van der Waals surface area contributed by atoms with E-state index < -0.39 is 0 Å². The first-order valence-electron chi connectivity index (χ1n) is 10.6. The average Bonchev–Trinajstić information content (AvgIpc) is 3.44. The van der Waals surface area contributed by atoms with E-state index >= 15 is 0 Å². The SMILES string of the molecule is CO[C@@H]1C[C@H]2CN(Cc3ccc(-n4cncn4)cc3)C[C@H]2C[C@H]1Nc1ccccn1. The van der Waals surface area contributed by atoms with Gasteiger partial charge in [0.2, 0.25) is 0 Å². The Morgan fingerprint density at radius 2 is 1.90 bits per heavy atom. The van der Waals surface area contributed by atoms with Crippen molar-refractivity contribution in [1.29, 1.82) is 0 Å². The lowest BCUT2D eigenvalue weighted by atomic mass is 9.77. The van der Waals surface area contributed by atoms with Gasteiger partial charge in [0.15, 0.2) is 0 Å². The van der Waals surface area contributed by atoms with Crippen LogP contribution in [-0.2, 0) is 11.3 Å². The first kappa shape index (κ1) is 19.2. The molecule has 30 heavy (non-hydrogen) atoms. The van der Waals surface area contributed by atoms with Crippen LogP contribution in [0.3, 0.4) is 0 Å². The number of benzene rings is 1. The maximum Gasteiger partial charge on any atom is 0.138 e. The normalized spacial score (nSPS) is 26.4. The summed E-state index contributed by atoms with van der Waals surface area (Å²) in [5, 5.41) is 7.80. The van der Waals surface area contributed by atoms with Gasteiger partial charge in [-0.15, -0.1) is 0 Å². The zero-order valence-corrected chi connectivity index (χ0v) is 17.3. The van der Waals surface area contributed by atoms with E-state index in [0.29, 0.717) is 17.9 Å². The number of likely N-dealkylation sites (tertiary alicyclic amines) is 1. The lowest BCUT2D eigenvalue weighted by Crippen LogP contribution is -2.44. The van der Waals surface area contributed by atoms with E-state index in [0.717, 1.165) is 44.0 Å². The third kappa shape index (κ3) is 4.08. The number of fused-ring (bicyclic) bond motifs is 1. The fourth-order valence-electron chi connectivity index (χ4n) is 5.04. The first-order chi connectivity index (χ1) is 14.8. The van der Waals surface area contributed by atoms with E-state index in [-0.39, 0.29) is 6.10 Å². The van der Waals surface area contributed by atoms with Crippen molar-refractivity contribution < 1.29 is 4.74 Å². The highest BCUT2D eigenvalue weighted by atomic mass is 16.5. The van der Waals surface area contributed by atoms with E-state index in [2.05, 4.69) is 49.5 Å². The smallest absolute Gasteiger partial charge is 0.138 e. The van der Waals surface area contributed by atoms with Crippen LogP contribution < -0.4 is 5.32 Å². The molecule has 2 aromatic heterocycles. The summed E-state index contributed by atoms with van der Waals surface area (Å²) in [5.41, 5.74) is 2.38. The van der Waals surface area contributed by atoms with E-state index in [9.17, 15) is 0 Å². The van der Waals surface area contributed by atoms with Crippen LogP contribution in [0, 0.1) is 11.8 Å². The highest BCUT2D eigenvalue weighted by Crippen LogP contribution is 2.38. The number of aromatic nitrogens is 4. The summed E-state index contributed by atoms with van der Waals surface area (Å²) in [5.74, 6) is 2.34. The van der Waals surface area contributed by atoms with Gasteiger partial charge in [-0.1, -0.05) is 18.2 Å². The Hall–Kier alpha value is -2.77. The van der Waals surface area contributed by atoms with Crippen molar-refractivity contribution >= 4 is 5.82 Å². The van der Waals surface area contributed by atoms with Crippen LogP contribution in [0.1, 0.15) is 18.4 Å². The quantitative estimate of drug-likeness (QED) is 0.681. The molecule has 3 heterocycles. The number of nitrogens with zero attached hydrogens (tertiary/aromatic N) is 5. The number of nitrogens with one attached hydrogen (secondary N) is 1.